The van der Waals surface area contributed by atoms with Crippen LogP contribution in [0.3, 0.4) is 0 Å². The molecule has 2 aromatic heterocycles. The predicted molar refractivity (Wildman–Crippen MR) is 150 cm³/mol. The Kier molecular flexibility index (Phi) is 7.52. The molecule has 9 nitrogen and oxygen atoms in total. The lowest BCUT2D eigenvalue weighted by Crippen LogP contribution is -2.31. The minimum Gasteiger partial charge on any atom is -0.355 e. The molecule has 194 valence electrons. The van der Waals surface area contributed by atoms with E-state index in [2.05, 4.69) is 49.5 Å². The minimum atomic E-state index is -0.475. The van der Waals surface area contributed by atoms with Crippen molar-refractivity contribution >= 4 is 34.3 Å². The number of hydrogen-bond donors (Lipinski definition) is 2. The largest absolute Gasteiger partial charge is 0.355 e. The molecule has 38 heavy (non-hydrogen) atoms. The molecule has 1 aliphatic heterocycles. The lowest BCUT2D eigenvalue weighted by atomic mass is 9.99. The minimum absolute atomic E-state index is 0.0737. The van der Waals surface area contributed by atoms with Gasteiger partial charge in [-0.25, -0.2) is 0 Å². The number of nitrogens with one attached hydrogen (secondary N) is 2. The molecule has 0 bridgehead atoms. The summed E-state index contributed by atoms with van der Waals surface area (Å²) < 4.78 is 2.06. The van der Waals surface area contributed by atoms with Crippen LogP contribution in [0.5, 0.6) is 0 Å². The summed E-state index contributed by atoms with van der Waals surface area (Å²) in [4.78, 5) is 19.2. The van der Waals surface area contributed by atoms with Crippen LogP contribution in [0, 0.1) is 20.8 Å². The molecule has 1 atom stereocenters. The van der Waals surface area contributed by atoms with Gasteiger partial charge in [-0.15, -0.1) is 21.5 Å². The topological polar surface area (TPSA) is 109 Å². The van der Waals surface area contributed by atoms with Crippen molar-refractivity contribution in [3.63, 3.8) is 0 Å². The number of thiophene rings is 1. The van der Waals surface area contributed by atoms with E-state index in [1.807, 2.05) is 68.6 Å². The molecule has 0 saturated carbocycles. The van der Waals surface area contributed by atoms with Crippen molar-refractivity contribution in [1.82, 2.24) is 25.4 Å². The van der Waals surface area contributed by atoms with Crippen LogP contribution in [-0.2, 0) is 4.79 Å². The van der Waals surface area contributed by atoms with Gasteiger partial charge < -0.3 is 10.6 Å². The monoisotopic (exact) mass is 526 g/mol. The third-order valence-corrected chi connectivity index (χ3v) is 7.69. The van der Waals surface area contributed by atoms with Gasteiger partial charge >= 0.3 is 0 Å². The van der Waals surface area contributed by atoms with Crippen LogP contribution in [0.1, 0.15) is 45.7 Å². The van der Waals surface area contributed by atoms with Crippen LogP contribution in [0.4, 0.5) is 11.4 Å². The first-order chi connectivity index (χ1) is 18.5. The molecular weight excluding hydrogens is 496 g/mol. The van der Waals surface area contributed by atoms with Crippen LogP contribution in [0.25, 0.3) is 5.00 Å². The van der Waals surface area contributed by atoms with Crippen LogP contribution in [-0.4, -0.2) is 46.5 Å². The van der Waals surface area contributed by atoms with E-state index in [4.69, 9.17) is 4.99 Å². The van der Waals surface area contributed by atoms with E-state index in [0.29, 0.717) is 18.9 Å². The standard InChI is InChI=1S/C28H30N8OS/c1-17-18(2)38-28-25(17)26(20-10-12-22(13-11-20)34-33-21-8-6-5-7-9-21)31-23(16-24(37)30-15-14-29-4)27-35-32-19(3)36(27)28/h5-13,23,29H,14-16H2,1-4H3,(H,30,37)/t23-/m0/s1. The van der Waals surface area contributed by atoms with Gasteiger partial charge in [-0.1, -0.05) is 30.3 Å². The molecule has 0 fully saturated rings. The molecule has 0 saturated heterocycles. The van der Waals surface area contributed by atoms with E-state index in [1.165, 1.54) is 4.88 Å². The summed E-state index contributed by atoms with van der Waals surface area (Å²) in [5.41, 5.74) is 5.55. The number of aryl methyl sites for hydroxylation is 2. The first-order valence-corrected chi connectivity index (χ1v) is 13.4. The van der Waals surface area contributed by atoms with Gasteiger partial charge in [0.1, 0.15) is 16.9 Å². The van der Waals surface area contributed by atoms with E-state index >= 15 is 0 Å². The van der Waals surface area contributed by atoms with Gasteiger partial charge in [0.2, 0.25) is 5.91 Å². The molecule has 4 aromatic rings. The fourth-order valence-electron chi connectivity index (χ4n) is 4.40. The van der Waals surface area contributed by atoms with Crippen LogP contribution >= 0.6 is 11.3 Å². The molecule has 3 heterocycles. The van der Waals surface area contributed by atoms with Crippen molar-refractivity contribution in [2.24, 2.45) is 15.2 Å². The number of likely N-dealkylation sites (N-methyl/N-ethyl adjacent to an activating group) is 1. The van der Waals surface area contributed by atoms with Gasteiger partial charge in [0.25, 0.3) is 0 Å². The first-order valence-electron chi connectivity index (χ1n) is 12.5. The molecule has 0 radical (unpaired) electrons. The average Bonchev–Trinajstić information content (AvgIpc) is 3.40. The molecule has 0 unspecified atom stereocenters. The first kappa shape index (κ1) is 25.6. The van der Waals surface area contributed by atoms with Gasteiger partial charge in [-0.05, 0) is 57.6 Å². The SMILES string of the molecule is CNCCNC(=O)C[C@@H]1N=C(c2ccc(N=Nc3ccccc3)cc2)c2c(sc(C)c2C)-n2c(C)nnc21. The van der Waals surface area contributed by atoms with Crippen LogP contribution in [0.15, 0.2) is 69.8 Å². The number of aliphatic imine (C=N–C) groups is 1. The molecule has 0 aliphatic carbocycles. The number of benzene rings is 2. The summed E-state index contributed by atoms with van der Waals surface area (Å²) in [7, 11) is 1.86. The fourth-order valence-corrected chi connectivity index (χ4v) is 5.61. The second-order valence-corrected chi connectivity index (χ2v) is 10.3. The Bertz CT molecular complexity index is 1500. The zero-order valence-corrected chi connectivity index (χ0v) is 22.7. The fraction of sp³-hybridized carbons (Fsp3) is 0.286. The van der Waals surface area contributed by atoms with Gasteiger partial charge in [0.15, 0.2) is 5.82 Å². The van der Waals surface area contributed by atoms with E-state index in [0.717, 1.165) is 44.6 Å². The second-order valence-electron chi connectivity index (χ2n) is 9.14. The Labute approximate surface area is 225 Å². The molecule has 2 aromatic carbocycles. The van der Waals surface area contributed by atoms with Crippen molar-refractivity contribution in [2.45, 2.75) is 33.2 Å². The zero-order chi connectivity index (χ0) is 26.6. The number of aromatic nitrogens is 3. The van der Waals surface area contributed by atoms with Gasteiger partial charge in [0.05, 0.1) is 23.5 Å². The third-order valence-electron chi connectivity index (χ3n) is 6.49. The zero-order valence-electron chi connectivity index (χ0n) is 21.9. The number of amides is 1. The highest BCUT2D eigenvalue weighted by Gasteiger charge is 2.32. The highest BCUT2D eigenvalue weighted by Crippen LogP contribution is 2.39. The number of fused-ring (bicyclic) bond motifs is 3. The second kappa shape index (κ2) is 11.2. The summed E-state index contributed by atoms with van der Waals surface area (Å²) in [6, 6.07) is 17.1. The van der Waals surface area contributed by atoms with Crippen molar-refractivity contribution in [2.75, 3.05) is 20.1 Å². The molecule has 2 N–H and O–H groups in total. The highest BCUT2D eigenvalue weighted by atomic mass is 32.1. The van der Waals surface area contributed by atoms with Crippen LogP contribution in [0.2, 0.25) is 0 Å². The number of hydrogen-bond acceptors (Lipinski definition) is 8. The van der Waals surface area contributed by atoms with E-state index in [-0.39, 0.29) is 12.3 Å². The Hall–Kier alpha value is -4.02. The van der Waals surface area contributed by atoms with E-state index < -0.39 is 6.04 Å². The number of rotatable bonds is 8. The van der Waals surface area contributed by atoms with Crippen LogP contribution < -0.4 is 10.6 Å². The lowest BCUT2D eigenvalue weighted by molar-refractivity contribution is -0.121. The summed E-state index contributed by atoms with van der Waals surface area (Å²) in [5, 5.41) is 24.6. The molecule has 1 aliphatic rings. The maximum absolute atomic E-state index is 12.8. The average molecular weight is 527 g/mol. The Morgan fingerprint density at radius 1 is 0.974 bits per heavy atom. The summed E-state index contributed by atoms with van der Waals surface area (Å²) in [6.07, 6.45) is 0.182. The van der Waals surface area contributed by atoms with Crippen molar-refractivity contribution in [1.29, 1.82) is 0 Å². The molecule has 5 rings (SSSR count). The smallest absolute Gasteiger partial charge is 0.222 e. The Morgan fingerprint density at radius 2 is 1.68 bits per heavy atom. The molecule has 1 amide bonds. The number of nitrogens with zero attached hydrogens (tertiary/aromatic N) is 6. The third kappa shape index (κ3) is 5.18. The van der Waals surface area contributed by atoms with E-state index in [1.54, 1.807) is 11.3 Å². The maximum Gasteiger partial charge on any atom is 0.222 e. The van der Waals surface area contributed by atoms with Crippen molar-refractivity contribution < 1.29 is 4.79 Å². The molecule has 0 spiro atoms. The van der Waals surface area contributed by atoms with Gasteiger partial charge in [-0.3, -0.25) is 14.4 Å². The summed E-state index contributed by atoms with van der Waals surface area (Å²) >= 11 is 1.70. The van der Waals surface area contributed by atoms with Crippen molar-refractivity contribution in [3.8, 4) is 5.00 Å². The van der Waals surface area contributed by atoms with Crippen molar-refractivity contribution in [3.05, 3.63) is 87.8 Å². The van der Waals surface area contributed by atoms with Gasteiger partial charge in [0, 0.05) is 29.1 Å². The predicted octanol–water partition coefficient (Wildman–Crippen LogP) is 5.29. The maximum atomic E-state index is 12.8. The normalized spacial score (nSPS) is 14.6. The lowest BCUT2D eigenvalue weighted by Gasteiger charge is -2.13. The highest BCUT2D eigenvalue weighted by molar-refractivity contribution is 7.15. The quantitative estimate of drug-likeness (QED) is 0.240. The number of azo groups is 1. The summed E-state index contributed by atoms with van der Waals surface area (Å²) in [6.45, 7) is 7.42. The van der Waals surface area contributed by atoms with E-state index in [9.17, 15) is 4.79 Å². The number of carbonyl (C=O) groups is 1. The Morgan fingerprint density at radius 3 is 2.39 bits per heavy atom. The summed E-state index contributed by atoms with van der Waals surface area (Å²) in [5.74, 6) is 1.38. The molecular formula is C28H30N8OS. The number of carbonyl (C=O) groups excluding carboxylic acids is 1. The Balaban J connectivity index is 1.54. The van der Waals surface area contributed by atoms with Gasteiger partial charge in [-0.2, -0.15) is 10.2 Å². The molecule has 10 heteroatoms.